The van der Waals surface area contributed by atoms with Crippen LogP contribution in [0.25, 0.3) is 0 Å². The Balaban J connectivity index is 1.88. The molecule has 2 heterocycles. The molecule has 1 N–H and O–H groups in total. The van der Waals surface area contributed by atoms with Crippen molar-refractivity contribution in [3.05, 3.63) is 22.4 Å². The van der Waals surface area contributed by atoms with Gasteiger partial charge in [-0.2, -0.15) is 0 Å². The molecule has 1 atom stereocenters. The number of rotatable bonds is 6. The predicted molar refractivity (Wildman–Crippen MR) is 108 cm³/mol. The SMILES string of the molecule is CC(C)C(NC(=O)c1cccs1)C(=O)N1CCN(CCC(C)(C)C)CC1. The number of hydrogen-bond acceptors (Lipinski definition) is 4. The molecule has 146 valence electrons. The maximum Gasteiger partial charge on any atom is 0.262 e. The van der Waals surface area contributed by atoms with Gasteiger partial charge in [-0.15, -0.1) is 11.3 Å². The van der Waals surface area contributed by atoms with Crippen molar-refractivity contribution < 1.29 is 9.59 Å². The van der Waals surface area contributed by atoms with E-state index in [0.29, 0.717) is 10.3 Å². The van der Waals surface area contributed by atoms with Gasteiger partial charge in [-0.05, 0) is 35.7 Å². The van der Waals surface area contributed by atoms with E-state index in [1.54, 1.807) is 6.07 Å². The van der Waals surface area contributed by atoms with Crippen molar-refractivity contribution in [2.24, 2.45) is 11.3 Å². The minimum atomic E-state index is -0.467. The van der Waals surface area contributed by atoms with Gasteiger partial charge in [0, 0.05) is 26.2 Å². The highest BCUT2D eigenvalue weighted by atomic mass is 32.1. The molecular formula is C20H33N3O2S. The van der Waals surface area contributed by atoms with E-state index in [2.05, 4.69) is 31.0 Å². The van der Waals surface area contributed by atoms with Gasteiger partial charge < -0.3 is 10.2 Å². The summed E-state index contributed by atoms with van der Waals surface area (Å²) < 4.78 is 0. The molecule has 2 rings (SSSR count). The van der Waals surface area contributed by atoms with Crippen molar-refractivity contribution in [2.45, 2.75) is 47.1 Å². The minimum Gasteiger partial charge on any atom is -0.339 e. The van der Waals surface area contributed by atoms with Gasteiger partial charge in [-0.3, -0.25) is 14.5 Å². The van der Waals surface area contributed by atoms with Crippen LogP contribution in [0.2, 0.25) is 0 Å². The molecule has 6 heteroatoms. The van der Waals surface area contributed by atoms with Gasteiger partial charge in [0.2, 0.25) is 5.91 Å². The normalized spacial score (nSPS) is 17.4. The average molecular weight is 380 g/mol. The van der Waals surface area contributed by atoms with Gasteiger partial charge in [0.15, 0.2) is 0 Å². The summed E-state index contributed by atoms with van der Waals surface area (Å²) in [5, 5.41) is 4.81. The maximum absolute atomic E-state index is 13.0. The smallest absolute Gasteiger partial charge is 0.262 e. The number of amides is 2. The fraction of sp³-hybridized carbons (Fsp3) is 0.700. The van der Waals surface area contributed by atoms with E-state index >= 15 is 0 Å². The zero-order valence-electron chi connectivity index (χ0n) is 16.7. The van der Waals surface area contributed by atoms with Crippen LogP contribution in [0.15, 0.2) is 17.5 Å². The van der Waals surface area contributed by atoms with E-state index in [0.717, 1.165) is 39.1 Å². The first-order valence-corrected chi connectivity index (χ1v) is 10.4. The first kappa shape index (κ1) is 20.9. The van der Waals surface area contributed by atoms with Crippen molar-refractivity contribution >= 4 is 23.2 Å². The molecule has 1 saturated heterocycles. The summed E-state index contributed by atoms with van der Waals surface area (Å²) in [6.07, 6.45) is 1.16. The second-order valence-electron chi connectivity index (χ2n) is 8.65. The van der Waals surface area contributed by atoms with Crippen molar-refractivity contribution in [2.75, 3.05) is 32.7 Å². The fourth-order valence-electron chi connectivity index (χ4n) is 3.02. The molecule has 1 unspecified atom stereocenters. The number of piperazine rings is 1. The highest BCUT2D eigenvalue weighted by Gasteiger charge is 2.31. The van der Waals surface area contributed by atoms with E-state index < -0.39 is 6.04 Å². The van der Waals surface area contributed by atoms with Gasteiger partial charge >= 0.3 is 0 Å². The summed E-state index contributed by atoms with van der Waals surface area (Å²) in [4.78, 5) is 30.3. The third-order valence-corrected chi connectivity index (χ3v) is 5.69. The lowest BCUT2D eigenvalue weighted by atomic mass is 9.92. The van der Waals surface area contributed by atoms with Crippen LogP contribution in [-0.4, -0.2) is 60.4 Å². The number of thiophene rings is 1. The Bertz CT molecular complexity index is 585. The molecule has 0 spiro atoms. The van der Waals surface area contributed by atoms with Crippen molar-refractivity contribution in [3.8, 4) is 0 Å². The molecule has 1 aliphatic heterocycles. The Kier molecular flexibility index (Phi) is 7.24. The lowest BCUT2D eigenvalue weighted by molar-refractivity contribution is -0.136. The van der Waals surface area contributed by atoms with Crippen molar-refractivity contribution in [1.82, 2.24) is 15.1 Å². The number of nitrogens with zero attached hydrogens (tertiary/aromatic N) is 2. The van der Waals surface area contributed by atoms with Gasteiger partial charge in [0.1, 0.15) is 6.04 Å². The zero-order valence-corrected chi connectivity index (χ0v) is 17.6. The van der Waals surface area contributed by atoms with Crippen LogP contribution in [0.1, 0.15) is 50.7 Å². The molecule has 1 aromatic heterocycles. The predicted octanol–water partition coefficient (Wildman–Crippen LogP) is 3.08. The number of nitrogens with one attached hydrogen (secondary N) is 1. The molecule has 0 bridgehead atoms. The molecule has 26 heavy (non-hydrogen) atoms. The molecule has 0 aromatic carbocycles. The van der Waals surface area contributed by atoms with Gasteiger partial charge in [-0.1, -0.05) is 40.7 Å². The molecule has 5 nitrogen and oxygen atoms in total. The number of carbonyl (C=O) groups excluding carboxylic acids is 2. The monoisotopic (exact) mass is 379 g/mol. The molecule has 0 radical (unpaired) electrons. The van der Waals surface area contributed by atoms with Crippen LogP contribution in [-0.2, 0) is 4.79 Å². The standard InChI is InChI=1S/C20H33N3O2S/c1-15(2)17(21-18(24)16-7-6-14-26-16)19(25)23-12-10-22(11-13-23)9-8-20(3,4)5/h6-7,14-15,17H,8-13H2,1-5H3,(H,21,24). The molecule has 0 aliphatic carbocycles. The Labute approximate surface area is 161 Å². The summed E-state index contributed by atoms with van der Waals surface area (Å²) in [5.41, 5.74) is 0.335. The topological polar surface area (TPSA) is 52.7 Å². The Morgan fingerprint density at radius 1 is 1.19 bits per heavy atom. The van der Waals surface area contributed by atoms with Gasteiger partial charge in [-0.25, -0.2) is 0 Å². The molecule has 1 aromatic rings. The lowest BCUT2D eigenvalue weighted by Gasteiger charge is -2.38. The second kappa shape index (κ2) is 9.00. The summed E-state index contributed by atoms with van der Waals surface area (Å²) in [6.45, 7) is 15.1. The van der Waals surface area contributed by atoms with Crippen LogP contribution in [0.3, 0.4) is 0 Å². The number of carbonyl (C=O) groups is 2. The van der Waals surface area contributed by atoms with Crippen LogP contribution < -0.4 is 5.32 Å². The lowest BCUT2D eigenvalue weighted by Crippen LogP contribution is -2.56. The van der Waals surface area contributed by atoms with E-state index in [1.807, 2.05) is 30.2 Å². The largest absolute Gasteiger partial charge is 0.339 e. The first-order valence-electron chi connectivity index (χ1n) is 9.53. The van der Waals surface area contributed by atoms with Crippen LogP contribution in [0.5, 0.6) is 0 Å². The summed E-state index contributed by atoms with van der Waals surface area (Å²) in [6, 6.07) is 3.17. The molecule has 1 aliphatic rings. The van der Waals surface area contributed by atoms with Gasteiger partial charge in [0.25, 0.3) is 5.91 Å². The average Bonchev–Trinajstić information content (AvgIpc) is 3.11. The van der Waals surface area contributed by atoms with Crippen molar-refractivity contribution in [3.63, 3.8) is 0 Å². The third-order valence-electron chi connectivity index (χ3n) is 4.83. The molecule has 0 saturated carbocycles. The van der Waals surface area contributed by atoms with E-state index in [1.165, 1.54) is 11.3 Å². The number of hydrogen-bond donors (Lipinski definition) is 1. The van der Waals surface area contributed by atoms with E-state index in [4.69, 9.17) is 0 Å². The van der Waals surface area contributed by atoms with Crippen LogP contribution in [0, 0.1) is 11.3 Å². The molecular weight excluding hydrogens is 346 g/mol. The quantitative estimate of drug-likeness (QED) is 0.826. The second-order valence-corrected chi connectivity index (χ2v) is 9.60. The first-order chi connectivity index (χ1) is 12.2. The Morgan fingerprint density at radius 3 is 2.35 bits per heavy atom. The summed E-state index contributed by atoms with van der Waals surface area (Å²) in [7, 11) is 0. The maximum atomic E-state index is 13.0. The van der Waals surface area contributed by atoms with E-state index in [-0.39, 0.29) is 17.7 Å². The van der Waals surface area contributed by atoms with E-state index in [9.17, 15) is 9.59 Å². The summed E-state index contributed by atoms with van der Waals surface area (Å²) in [5.74, 6) is -0.0541. The van der Waals surface area contributed by atoms with Crippen molar-refractivity contribution in [1.29, 1.82) is 0 Å². The molecule has 2 amide bonds. The van der Waals surface area contributed by atoms with Crippen LogP contribution in [0.4, 0.5) is 0 Å². The molecule has 1 fully saturated rings. The zero-order chi connectivity index (χ0) is 19.3. The van der Waals surface area contributed by atoms with Gasteiger partial charge in [0.05, 0.1) is 4.88 Å². The summed E-state index contributed by atoms with van der Waals surface area (Å²) >= 11 is 1.40. The fourth-order valence-corrected chi connectivity index (χ4v) is 3.64. The highest BCUT2D eigenvalue weighted by molar-refractivity contribution is 7.12. The highest BCUT2D eigenvalue weighted by Crippen LogP contribution is 2.19. The minimum absolute atomic E-state index is 0.0420. The third kappa shape index (κ3) is 6.09. The Morgan fingerprint density at radius 2 is 1.85 bits per heavy atom. The van der Waals surface area contributed by atoms with Crippen LogP contribution >= 0.6 is 11.3 Å². The Hall–Kier alpha value is -1.40.